The second kappa shape index (κ2) is 10.5. The topological polar surface area (TPSA) is 109 Å². The van der Waals surface area contributed by atoms with Gasteiger partial charge in [-0.25, -0.2) is 4.98 Å². The van der Waals surface area contributed by atoms with Gasteiger partial charge in [0.25, 0.3) is 5.91 Å². The predicted molar refractivity (Wildman–Crippen MR) is 130 cm³/mol. The number of ether oxygens (including phenoxy) is 1. The maximum absolute atomic E-state index is 12.9. The molecule has 4 rings (SSSR count). The second-order valence-electron chi connectivity index (χ2n) is 8.36. The average Bonchev–Trinajstić information content (AvgIpc) is 2.84. The molecule has 1 fully saturated rings. The van der Waals surface area contributed by atoms with E-state index in [0.717, 1.165) is 68.2 Å². The molecule has 1 amide bonds. The quantitative estimate of drug-likeness (QED) is 0.525. The molecular weight excluding hydrogens is 418 g/mol. The van der Waals surface area contributed by atoms with Gasteiger partial charge in [0, 0.05) is 68.7 Å². The van der Waals surface area contributed by atoms with Crippen molar-refractivity contribution in [3.05, 3.63) is 46.8 Å². The van der Waals surface area contributed by atoms with Crippen molar-refractivity contribution >= 4 is 23.7 Å². The van der Waals surface area contributed by atoms with Crippen LogP contribution in [-0.2, 0) is 13.1 Å². The van der Waals surface area contributed by atoms with Crippen LogP contribution in [0.2, 0.25) is 0 Å². The number of unbranched alkanes of at least 4 members (excludes halogenated alkanes) is 1. The number of piperazine rings is 1. The first-order valence-electron chi connectivity index (χ1n) is 11.6. The summed E-state index contributed by atoms with van der Waals surface area (Å²) in [5, 5.41) is 6.69. The van der Waals surface area contributed by atoms with Crippen LogP contribution in [0.3, 0.4) is 0 Å². The van der Waals surface area contributed by atoms with E-state index in [-0.39, 0.29) is 11.9 Å². The summed E-state index contributed by atoms with van der Waals surface area (Å²) in [6.07, 6.45) is 6.16. The zero-order valence-electron chi connectivity index (χ0n) is 19.4. The molecule has 0 bridgehead atoms. The van der Waals surface area contributed by atoms with Gasteiger partial charge in [-0.3, -0.25) is 4.79 Å². The Morgan fingerprint density at radius 3 is 2.85 bits per heavy atom. The highest BCUT2D eigenvalue weighted by molar-refractivity contribution is 5.94. The number of anilines is 2. The summed E-state index contributed by atoms with van der Waals surface area (Å²) in [6, 6.07) is 5.73. The first-order chi connectivity index (χ1) is 16.1. The van der Waals surface area contributed by atoms with Gasteiger partial charge in [-0.1, -0.05) is 19.4 Å². The Labute approximate surface area is 195 Å². The smallest absolute Gasteiger partial charge is 0.254 e. The number of nitrogen functional groups attached to an aromatic ring is 1. The van der Waals surface area contributed by atoms with Gasteiger partial charge in [0.15, 0.2) is 0 Å². The molecule has 2 aromatic rings. The van der Waals surface area contributed by atoms with Gasteiger partial charge in [-0.15, -0.1) is 0 Å². The SMILES string of the molecule is CCCCNc1nc(N)nc2c1CN(Cc1ccc(C(=O)N3CCNCC3)cc1OC)C=C2. The molecule has 0 aliphatic carbocycles. The average molecular weight is 452 g/mol. The molecule has 4 N–H and O–H groups in total. The summed E-state index contributed by atoms with van der Waals surface area (Å²) < 4.78 is 5.65. The van der Waals surface area contributed by atoms with Crippen molar-refractivity contribution < 1.29 is 9.53 Å². The molecule has 1 aromatic carbocycles. The van der Waals surface area contributed by atoms with Crippen LogP contribution in [0, 0.1) is 0 Å². The van der Waals surface area contributed by atoms with Crippen molar-refractivity contribution in [2.45, 2.75) is 32.9 Å². The summed E-state index contributed by atoms with van der Waals surface area (Å²) in [5.41, 5.74) is 9.47. The lowest BCUT2D eigenvalue weighted by atomic mass is 10.1. The fraction of sp³-hybridized carbons (Fsp3) is 0.458. The Bertz CT molecular complexity index is 1020. The number of aromatic nitrogens is 2. The van der Waals surface area contributed by atoms with E-state index in [4.69, 9.17) is 10.5 Å². The van der Waals surface area contributed by atoms with Gasteiger partial charge in [0.1, 0.15) is 11.6 Å². The van der Waals surface area contributed by atoms with Crippen molar-refractivity contribution in [1.82, 2.24) is 25.1 Å². The van der Waals surface area contributed by atoms with Crippen LogP contribution >= 0.6 is 0 Å². The lowest BCUT2D eigenvalue weighted by molar-refractivity contribution is 0.0735. The molecule has 2 aliphatic heterocycles. The lowest BCUT2D eigenvalue weighted by Gasteiger charge is -2.28. The second-order valence-corrected chi connectivity index (χ2v) is 8.36. The Morgan fingerprint density at radius 1 is 1.27 bits per heavy atom. The van der Waals surface area contributed by atoms with E-state index in [1.165, 1.54) is 0 Å². The number of methoxy groups -OCH3 is 1. The first kappa shape index (κ1) is 22.8. The number of nitrogens with zero attached hydrogens (tertiary/aromatic N) is 4. The first-order valence-corrected chi connectivity index (χ1v) is 11.6. The maximum Gasteiger partial charge on any atom is 0.254 e. The molecule has 176 valence electrons. The summed E-state index contributed by atoms with van der Waals surface area (Å²) in [7, 11) is 1.64. The number of carbonyl (C=O) groups excluding carboxylic acids is 1. The Hall–Kier alpha value is -3.33. The molecule has 0 saturated carbocycles. The molecule has 0 radical (unpaired) electrons. The van der Waals surface area contributed by atoms with E-state index in [1.54, 1.807) is 7.11 Å². The third-order valence-electron chi connectivity index (χ3n) is 6.00. The van der Waals surface area contributed by atoms with Crippen LogP contribution in [-0.4, -0.2) is 65.5 Å². The summed E-state index contributed by atoms with van der Waals surface area (Å²) in [6.45, 7) is 7.41. The third kappa shape index (κ3) is 5.36. The number of nitrogens with one attached hydrogen (secondary N) is 2. The fourth-order valence-corrected chi connectivity index (χ4v) is 4.16. The predicted octanol–water partition coefficient (Wildman–Crippen LogP) is 2.31. The molecule has 3 heterocycles. The van der Waals surface area contributed by atoms with Crippen molar-refractivity contribution in [2.24, 2.45) is 0 Å². The largest absolute Gasteiger partial charge is 0.496 e. The molecule has 9 heteroatoms. The van der Waals surface area contributed by atoms with Crippen LogP contribution in [0.15, 0.2) is 24.4 Å². The van der Waals surface area contributed by atoms with E-state index < -0.39 is 0 Å². The van der Waals surface area contributed by atoms with Crippen molar-refractivity contribution in [1.29, 1.82) is 0 Å². The maximum atomic E-state index is 12.9. The molecule has 0 spiro atoms. The van der Waals surface area contributed by atoms with Crippen molar-refractivity contribution in [3.8, 4) is 5.75 Å². The number of rotatable bonds is 8. The van der Waals surface area contributed by atoms with Gasteiger partial charge in [0.05, 0.1) is 12.8 Å². The molecule has 1 saturated heterocycles. The highest BCUT2D eigenvalue weighted by Gasteiger charge is 2.21. The number of hydrogen-bond donors (Lipinski definition) is 3. The summed E-state index contributed by atoms with van der Waals surface area (Å²) in [5.74, 6) is 1.83. The molecule has 9 nitrogen and oxygen atoms in total. The van der Waals surface area contributed by atoms with Gasteiger partial charge < -0.3 is 30.9 Å². The standard InChI is InChI=1S/C24H33N7O2/c1-3-4-8-27-22-19-16-30(11-7-20(19)28-24(25)29-22)15-18-6-5-17(14-21(18)33-2)23(32)31-12-9-26-10-13-31/h5-7,11,14,26H,3-4,8-10,12-13,15-16H2,1-2H3,(H3,25,27,28,29). The molecule has 1 aromatic heterocycles. The van der Waals surface area contributed by atoms with Gasteiger partial charge in [-0.05, 0) is 24.6 Å². The highest BCUT2D eigenvalue weighted by Crippen LogP contribution is 2.29. The number of hydrogen-bond acceptors (Lipinski definition) is 8. The normalized spacial score (nSPS) is 15.3. The van der Waals surface area contributed by atoms with Gasteiger partial charge >= 0.3 is 0 Å². The molecular formula is C24H33N7O2. The number of nitrogens with two attached hydrogens (primary N) is 1. The van der Waals surface area contributed by atoms with Gasteiger partial charge in [-0.2, -0.15) is 4.98 Å². The minimum Gasteiger partial charge on any atom is -0.496 e. The van der Waals surface area contributed by atoms with Crippen molar-refractivity contribution in [2.75, 3.05) is 50.9 Å². The van der Waals surface area contributed by atoms with E-state index in [1.807, 2.05) is 35.4 Å². The Balaban J connectivity index is 1.49. The third-order valence-corrected chi connectivity index (χ3v) is 6.00. The van der Waals surface area contributed by atoms with Gasteiger partial charge in [0.2, 0.25) is 5.95 Å². The lowest BCUT2D eigenvalue weighted by Crippen LogP contribution is -2.46. The van der Waals surface area contributed by atoms with Crippen LogP contribution in [0.4, 0.5) is 11.8 Å². The zero-order chi connectivity index (χ0) is 23.2. The van der Waals surface area contributed by atoms with Crippen molar-refractivity contribution in [3.63, 3.8) is 0 Å². The van der Waals surface area contributed by atoms with E-state index in [9.17, 15) is 4.79 Å². The van der Waals surface area contributed by atoms with E-state index in [0.29, 0.717) is 24.4 Å². The summed E-state index contributed by atoms with van der Waals surface area (Å²) >= 11 is 0. The van der Waals surface area contributed by atoms with E-state index in [2.05, 4.69) is 32.4 Å². The Morgan fingerprint density at radius 2 is 2.09 bits per heavy atom. The van der Waals surface area contributed by atoms with Crippen LogP contribution in [0.1, 0.15) is 46.9 Å². The monoisotopic (exact) mass is 451 g/mol. The Kier molecular flexibility index (Phi) is 7.29. The van der Waals surface area contributed by atoms with Crippen LogP contribution < -0.4 is 21.1 Å². The number of amides is 1. The summed E-state index contributed by atoms with van der Waals surface area (Å²) in [4.78, 5) is 25.8. The van der Waals surface area contributed by atoms with E-state index >= 15 is 0 Å². The minimum absolute atomic E-state index is 0.0469. The fourth-order valence-electron chi connectivity index (χ4n) is 4.16. The molecule has 33 heavy (non-hydrogen) atoms. The number of benzene rings is 1. The molecule has 0 atom stereocenters. The number of carbonyl (C=O) groups is 1. The minimum atomic E-state index is 0.0469. The molecule has 0 unspecified atom stereocenters. The van der Waals surface area contributed by atoms with Crippen LogP contribution in [0.5, 0.6) is 5.75 Å². The van der Waals surface area contributed by atoms with Crippen LogP contribution in [0.25, 0.3) is 6.08 Å². The molecule has 2 aliphatic rings. The zero-order valence-corrected chi connectivity index (χ0v) is 19.4. The number of fused-ring (bicyclic) bond motifs is 1. The highest BCUT2D eigenvalue weighted by atomic mass is 16.5.